The molecule has 0 aromatic rings. The zero-order chi connectivity index (χ0) is 17.8. The lowest BCUT2D eigenvalue weighted by Crippen LogP contribution is -2.14. The highest BCUT2D eigenvalue weighted by Gasteiger charge is 2.20. The Balaban J connectivity index is 0.00000149. The highest BCUT2D eigenvalue weighted by molar-refractivity contribution is 5.34. The van der Waals surface area contributed by atoms with Crippen LogP contribution in [-0.4, -0.2) is 0 Å². The molecule has 1 saturated carbocycles. The molecule has 0 spiro atoms. The summed E-state index contributed by atoms with van der Waals surface area (Å²) in [7, 11) is 0. The Morgan fingerprint density at radius 1 is 0.826 bits per heavy atom. The molecule has 0 amide bonds. The van der Waals surface area contributed by atoms with E-state index in [1.165, 1.54) is 38.5 Å². The summed E-state index contributed by atoms with van der Waals surface area (Å²) < 4.78 is 27.5. The third-order valence-electron chi connectivity index (χ3n) is 4.64. The van der Waals surface area contributed by atoms with Crippen molar-refractivity contribution in [1.82, 2.24) is 0 Å². The molecule has 0 aromatic heterocycles. The molecule has 0 nitrogen and oxygen atoms in total. The maximum Gasteiger partial charge on any atom is 0.161 e. The van der Waals surface area contributed by atoms with Crippen molar-refractivity contribution >= 4 is 0 Å². The normalized spacial score (nSPS) is 21.8. The van der Waals surface area contributed by atoms with Crippen LogP contribution in [0.3, 0.4) is 0 Å². The smallest absolute Gasteiger partial charge is 0.161 e. The van der Waals surface area contributed by atoms with Crippen LogP contribution in [-0.2, 0) is 0 Å². The fourth-order valence-corrected chi connectivity index (χ4v) is 2.88. The van der Waals surface area contributed by atoms with Crippen LogP contribution in [0, 0.1) is 11.8 Å². The molecule has 0 heterocycles. The zero-order valence-electron chi connectivity index (χ0n) is 15.7. The van der Waals surface area contributed by atoms with Crippen molar-refractivity contribution in [2.24, 2.45) is 11.8 Å². The standard InChI is InChI=1S/C18H28F2.C3H8/c1-5-13(3)17(19)18(20)14(4)7-8-16-11-9-15(6-2)10-12-16;1-3-2/h15-16H,3-12H2,1-2H3;3H2,1-2H3/b18-17-;. The lowest BCUT2D eigenvalue weighted by Gasteiger charge is -2.27. The van der Waals surface area contributed by atoms with Gasteiger partial charge in [0.1, 0.15) is 0 Å². The van der Waals surface area contributed by atoms with E-state index >= 15 is 0 Å². The molecule has 1 aliphatic rings. The molecule has 134 valence electrons. The first-order valence-electron chi connectivity index (χ1n) is 9.32. The van der Waals surface area contributed by atoms with Crippen LogP contribution in [0.2, 0.25) is 0 Å². The van der Waals surface area contributed by atoms with Gasteiger partial charge in [-0.25, -0.2) is 8.78 Å². The molecule has 0 atom stereocenters. The third kappa shape index (κ3) is 8.48. The van der Waals surface area contributed by atoms with E-state index in [1.54, 1.807) is 6.92 Å². The molecule has 1 fully saturated rings. The van der Waals surface area contributed by atoms with Crippen molar-refractivity contribution in [3.63, 3.8) is 0 Å². The van der Waals surface area contributed by atoms with Crippen molar-refractivity contribution in [1.29, 1.82) is 0 Å². The molecule has 0 N–H and O–H groups in total. The van der Waals surface area contributed by atoms with Crippen LogP contribution >= 0.6 is 0 Å². The van der Waals surface area contributed by atoms with Crippen LogP contribution in [0.15, 0.2) is 36.0 Å². The van der Waals surface area contributed by atoms with E-state index in [-0.39, 0.29) is 11.1 Å². The van der Waals surface area contributed by atoms with Crippen LogP contribution in [0.5, 0.6) is 0 Å². The van der Waals surface area contributed by atoms with E-state index in [0.29, 0.717) is 18.8 Å². The number of hydrogen-bond acceptors (Lipinski definition) is 0. The molecule has 0 radical (unpaired) electrons. The Bertz CT molecular complexity index is 385. The van der Waals surface area contributed by atoms with Crippen LogP contribution < -0.4 is 0 Å². The minimum absolute atomic E-state index is 0.215. The van der Waals surface area contributed by atoms with Gasteiger partial charge in [0.2, 0.25) is 0 Å². The van der Waals surface area contributed by atoms with E-state index in [0.717, 1.165) is 12.3 Å². The lowest BCUT2D eigenvalue weighted by atomic mass is 9.78. The summed E-state index contributed by atoms with van der Waals surface area (Å²) in [6, 6.07) is 0. The maximum atomic E-state index is 13.8. The molecule has 0 bridgehead atoms. The van der Waals surface area contributed by atoms with Crippen molar-refractivity contribution in [2.45, 2.75) is 85.5 Å². The SMILES string of the molecule is C=C(CC)/C(F)=C(/F)C(=C)CCC1CCC(CC)CC1.CCC. The summed E-state index contributed by atoms with van der Waals surface area (Å²) in [4.78, 5) is 0. The quantitative estimate of drug-likeness (QED) is 0.415. The molecule has 0 unspecified atom stereocenters. The molecular weight excluding hydrogens is 290 g/mol. The van der Waals surface area contributed by atoms with Crippen molar-refractivity contribution < 1.29 is 8.78 Å². The molecule has 1 rings (SSSR count). The number of hydrogen-bond donors (Lipinski definition) is 0. The second-order valence-corrected chi connectivity index (χ2v) is 6.73. The summed E-state index contributed by atoms with van der Waals surface area (Å²) >= 11 is 0. The Morgan fingerprint density at radius 2 is 1.26 bits per heavy atom. The van der Waals surface area contributed by atoms with Gasteiger partial charge in [-0.15, -0.1) is 0 Å². The highest BCUT2D eigenvalue weighted by atomic mass is 19.2. The van der Waals surface area contributed by atoms with Gasteiger partial charge >= 0.3 is 0 Å². The first-order valence-corrected chi connectivity index (χ1v) is 9.32. The summed E-state index contributed by atoms with van der Waals surface area (Å²) in [6.07, 6.45) is 9.43. The minimum atomic E-state index is -0.813. The van der Waals surface area contributed by atoms with E-state index < -0.39 is 11.7 Å². The maximum absolute atomic E-state index is 13.8. The van der Waals surface area contributed by atoms with Crippen LogP contribution in [0.25, 0.3) is 0 Å². The third-order valence-corrected chi connectivity index (χ3v) is 4.64. The molecule has 1 aliphatic carbocycles. The van der Waals surface area contributed by atoms with Gasteiger partial charge in [0.15, 0.2) is 11.7 Å². The van der Waals surface area contributed by atoms with E-state index in [4.69, 9.17) is 0 Å². The topological polar surface area (TPSA) is 0 Å². The molecule has 0 aliphatic heterocycles. The monoisotopic (exact) mass is 326 g/mol. The van der Waals surface area contributed by atoms with Crippen molar-refractivity contribution in [3.8, 4) is 0 Å². The van der Waals surface area contributed by atoms with Gasteiger partial charge in [0, 0.05) is 0 Å². The number of rotatable bonds is 7. The van der Waals surface area contributed by atoms with Gasteiger partial charge in [-0.3, -0.25) is 0 Å². The van der Waals surface area contributed by atoms with Gasteiger partial charge < -0.3 is 0 Å². The Kier molecular flexibility index (Phi) is 12.0. The van der Waals surface area contributed by atoms with E-state index in [1.807, 2.05) is 0 Å². The Morgan fingerprint density at radius 3 is 1.70 bits per heavy atom. The molecule has 2 heteroatoms. The summed E-state index contributed by atoms with van der Waals surface area (Å²) in [5.74, 6) is -0.0810. The van der Waals surface area contributed by atoms with Crippen LogP contribution in [0.4, 0.5) is 8.78 Å². The second kappa shape index (κ2) is 12.5. The number of allylic oxidation sites excluding steroid dienone is 4. The number of halogens is 2. The van der Waals surface area contributed by atoms with Gasteiger partial charge in [0.05, 0.1) is 0 Å². The van der Waals surface area contributed by atoms with Gasteiger partial charge in [-0.05, 0) is 42.2 Å². The van der Waals surface area contributed by atoms with E-state index in [9.17, 15) is 8.78 Å². The molecular formula is C21H36F2. The average molecular weight is 327 g/mol. The Labute approximate surface area is 142 Å². The molecule has 0 saturated heterocycles. The van der Waals surface area contributed by atoms with Gasteiger partial charge in [-0.1, -0.05) is 79.4 Å². The predicted molar refractivity (Wildman–Crippen MR) is 98.8 cm³/mol. The zero-order valence-corrected chi connectivity index (χ0v) is 15.7. The largest absolute Gasteiger partial charge is 0.203 e. The fraction of sp³-hybridized carbons (Fsp3) is 0.714. The van der Waals surface area contributed by atoms with Gasteiger partial charge in [0.25, 0.3) is 0 Å². The summed E-state index contributed by atoms with van der Waals surface area (Å²) in [5.41, 5.74) is 0.502. The first-order chi connectivity index (χ1) is 10.9. The lowest BCUT2D eigenvalue weighted by molar-refractivity contribution is 0.258. The minimum Gasteiger partial charge on any atom is -0.203 e. The fourth-order valence-electron chi connectivity index (χ4n) is 2.88. The van der Waals surface area contributed by atoms with Crippen molar-refractivity contribution in [2.75, 3.05) is 0 Å². The first kappa shape index (κ1) is 22.1. The molecule has 0 aromatic carbocycles. The second-order valence-electron chi connectivity index (χ2n) is 6.73. The Hall–Kier alpha value is -0.920. The van der Waals surface area contributed by atoms with Crippen molar-refractivity contribution in [3.05, 3.63) is 36.0 Å². The van der Waals surface area contributed by atoms with Gasteiger partial charge in [-0.2, -0.15) is 0 Å². The van der Waals surface area contributed by atoms with Crippen LogP contribution in [0.1, 0.15) is 85.5 Å². The molecule has 23 heavy (non-hydrogen) atoms. The average Bonchev–Trinajstić information content (AvgIpc) is 2.58. The summed E-state index contributed by atoms with van der Waals surface area (Å²) in [5, 5.41) is 0. The predicted octanol–water partition coefficient (Wildman–Crippen LogP) is 8.07. The highest BCUT2D eigenvalue weighted by Crippen LogP contribution is 2.35. The summed E-state index contributed by atoms with van der Waals surface area (Å²) in [6.45, 7) is 15.5. The van der Waals surface area contributed by atoms with E-state index in [2.05, 4.69) is 33.9 Å².